The summed E-state index contributed by atoms with van der Waals surface area (Å²) in [5.74, 6) is 0. The van der Waals surface area contributed by atoms with Crippen LogP contribution in [0.2, 0.25) is 0 Å². The summed E-state index contributed by atoms with van der Waals surface area (Å²) in [4.78, 5) is 2.50. The third-order valence-corrected chi connectivity index (χ3v) is 2.84. The molecule has 4 nitrogen and oxygen atoms in total. The van der Waals surface area contributed by atoms with Crippen LogP contribution in [0.5, 0.6) is 0 Å². The second kappa shape index (κ2) is 4.77. The minimum atomic E-state index is 0.601. The van der Waals surface area contributed by atoms with Gasteiger partial charge >= 0.3 is 0 Å². The Balaban J connectivity index is 1.92. The molecule has 15 heavy (non-hydrogen) atoms. The predicted octanol–water partition coefficient (Wildman–Crippen LogP) is 0.604. The van der Waals surface area contributed by atoms with Crippen LogP contribution < -0.4 is 5.32 Å². The van der Waals surface area contributed by atoms with E-state index in [1.54, 1.807) is 0 Å². The fourth-order valence-electron chi connectivity index (χ4n) is 2.15. The van der Waals surface area contributed by atoms with Crippen molar-refractivity contribution in [2.45, 2.75) is 25.9 Å². The lowest BCUT2D eigenvalue weighted by atomic mass is 10.3. The van der Waals surface area contributed by atoms with Crippen molar-refractivity contribution < 1.29 is 0 Å². The van der Waals surface area contributed by atoms with Crippen molar-refractivity contribution in [1.29, 1.82) is 0 Å². The van der Waals surface area contributed by atoms with E-state index in [0.29, 0.717) is 6.04 Å². The van der Waals surface area contributed by atoms with Crippen LogP contribution in [0.25, 0.3) is 0 Å². The van der Waals surface area contributed by atoms with Crippen molar-refractivity contribution in [2.24, 2.45) is 7.05 Å². The zero-order chi connectivity index (χ0) is 10.7. The number of hydrogen-bond donors (Lipinski definition) is 1. The molecule has 0 bridgehead atoms. The highest BCUT2D eigenvalue weighted by molar-refractivity contribution is 5.03. The third kappa shape index (κ3) is 3.04. The quantitative estimate of drug-likeness (QED) is 0.773. The smallest absolute Gasteiger partial charge is 0.0534 e. The molecule has 1 aliphatic heterocycles. The van der Waals surface area contributed by atoms with E-state index in [0.717, 1.165) is 19.6 Å². The molecule has 1 aromatic rings. The maximum atomic E-state index is 4.20. The number of rotatable bonds is 2. The second-order valence-corrected chi connectivity index (χ2v) is 4.47. The van der Waals surface area contributed by atoms with Gasteiger partial charge in [0, 0.05) is 37.9 Å². The van der Waals surface area contributed by atoms with Gasteiger partial charge in [-0.3, -0.25) is 9.58 Å². The normalized spacial score (nSPS) is 24.0. The highest BCUT2D eigenvalue weighted by Gasteiger charge is 2.14. The summed E-state index contributed by atoms with van der Waals surface area (Å²) in [5.41, 5.74) is 1.31. The molecule has 0 amide bonds. The lowest BCUT2D eigenvalue weighted by Gasteiger charge is -2.21. The van der Waals surface area contributed by atoms with Gasteiger partial charge in [0.05, 0.1) is 6.20 Å². The van der Waals surface area contributed by atoms with Crippen LogP contribution in [-0.4, -0.2) is 40.4 Å². The SMILES string of the molecule is CC1CN(Cc2cnn(C)c2)CCCN1. The highest BCUT2D eigenvalue weighted by atomic mass is 15.2. The molecule has 1 atom stereocenters. The Labute approximate surface area is 91.3 Å². The van der Waals surface area contributed by atoms with Gasteiger partial charge in [0.1, 0.15) is 0 Å². The first kappa shape index (κ1) is 10.6. The van der Waals surface area contributed by atoms with Crippen LogP contribution in [0.3, 0.4) is 0 Å². The van der Waals surface area contributed by atoms with Gasteiger partial charge in [-0.15, -0.1) is 0 Å². The van der Waals surface area contributed by atoms with E-state index in [1.165, 1.54) is 18.5 Å². The number of nitrogens with zero attached hydrogens (tertiary/aromatic N) is 3. The fourth-order valence-corrected chi connectivity index (χ4v) is 2.15. The molecule has 2 rings (SSSR count). The second-order valence-electron chi connectivity index (χ2n) is 4.47. The molecule has 0 aliphatic carbocycles. The van der Waals surface area contributed by atoms with Gasteiger partial charge in [0.2, 0.25) is 0 Å². The number of aromatic nitrogens is 2. The molecule has 1 fully saturated rings. The highest BCUT2D eigenvalue weighted by Crippen LogP contribution is 2.07. The molecule has 0 saturated carbocycles. The Bertz CT molecular complexity index is 307. The first-order chi connectivity index (χ1) is 7.24. The Kier molecular flexibility index (Phi) is 3.38. The van der Waals surface area contributed by atoms with Crippen LogP contribution >= 0.6 is 0 Å². The number of nitrogens with one attached hydrogen (secondary N) is 1. The summed E-state index contributed by atoms with van der Waals surface area (Å²) in [6.45, 7) is 6.74. The molecular formula is C11H20N4. The number of aryl methyl sites for hydroxylation is 1. The lowest BCUT2D eigenvalue weighted by molar-refractivity contribution is 0.264. The topological polar surface area (TPSA) is 33.1 Å². The Morgan fingerprint density at radius 1 is 1.60 bits per heavy atom. The maximum Gasteiger partial charge on any atom is 0.0534 e. The summed E-state index contributed by atoms with van der Waals surface area (Å²) in [6.07, 6.45) is 5.30. The standard InChI is InChI=1S/C11H20N4/c1-10-7-15(5-3-4-12-10)9-11-6-13-14(2)8-11/h6,8,10,12H,3-5,7,9H2,1-2H3. The molecule has 0 aromatic carbocycles. The van der Waals surface area contributed by atoms with Gasteiger partial charge < -0.3 is 5.32 Å². The molecule has 1 saturated heterocycles. The average Bonchev–Trinajstić information content (AvgIpc) is 2.46. The van der Waals surface area contributed by atoms with Crippen LogP contribution in [0, 0.1) is 0 Å². The summed E-state index contributed by atoms with van der Waals surface area (Å²) >= 11 is 0. The van der Waals surface area contributed by atoms with Crippen LogP contribution in [-0.2, 0) is 13.6 Å². The van der Waals surface area contributed by atoms with Crippen molar-refractivity contribution in [3.63, 3.8) is 0 Å². The monoisotopic (exact) mass is 208 g/mol. The molecule has 84 valence electrons. The molecule has 1 unspecified atom stereocenters. The fraction of sp³-hybridized carbons (Fsp3) is 0.727. The van der Waals surface area contributed by atoms with E-state index >= 15 is 0 Å². The van der Waals surface area contributed by atoms with Gasteiger partial charge in [-0.05, 0) is 26.4 Å². The minimum absolute atomic E-state index is 0.601. The summed E-state index contributed by atoms with van der Waals surface area (Å²) in [6, 6.07) is 0.601. The van der Waals surface area contributed by atoms with Crippen molar-refractivity contribution in [3.05, 3.63) is 18.0 Å². The molecule has 1 aromatic heterocycles. The predicted molar refractivity (Wildman–Crippen MR) is 60.6 cm³/mol. The Morgan fingerprint density at radius 3 is 3.20 bits per heavy atom. The van der Waals surface area contributed by atoms with E-state index in [9.17, 15) is 0 Å². The molecule has 0 radical (unpaired) electrons. The molecule has 0 spiro atoms. The van der Waals surface area contributed by atoms with E-state index in [2.05, 4.69) is 28.4 Å². The maximum absolute atomic E-state index is 4.20. The number of hydrogen-bond acceptors (Lipinski definition) is 3. The first-order valence-electron chi connectivity index (χ1n) is 5.67. The van der Waals surface area contributed by atoms with Gasteiger partial charge in [0.25, 0.3) is 0 Å². The van der Waals surface area contributed by atoms with Gasteiger partial charge in [-0.2, -0.15) is 5.10 Å². The van der Waals surface area contributed by atoms with Gasteiger partial charge in [0.15, 0.2) is 0 Å². The van der Waals surface area contributed by atoms with Crippen molar-refractivity contribution in [3.8, 4) is 0 Å². The largest absolute Gasteiger partial charge is 0.313 e. The molecular weight excluding hydrogens is 188 g/mol. The van der Waals surface area contributed by atoms with Gasteiger partial charge in [-0.1, -0.05) is 0 Å². The molecule has 2 heterocycles. The van der Waals surface area contributed by atoms with Crippen molar-refractivity contribution >= 4 is 0 Å². The summed E-state index contributed by atoms with van der Waals surface area (Å²) < 4.78 is 1.87. The first-order valence-corrected chi connectivity index (χ1v) is 5.67. The molecule has 4 heteroatoms. The Morgan fingerprint density at radius 2 is 2.47 bits per heavy atom. The van der Waals surface area contributed by atoms with E-state index in [1.807, 2.05) is 17.9 Å². The van der Waals surface area contributed by atoms with Crippen LogP contribution in [0.1, 0.15) is 18.9 Å². The summed E-state index contributed by atoms with van der Waals surface area (Å²) in [5, 5.41) is 7.70. The van der Waals surface area contributed by atoms with E-state index in [4.69, 9.17) is 0 Å². The van der Waals surface area contributed by atoms with Crippen LogP contribution in [0.15, 0.2) is 12.4 Å². The zero-order valence-electron chi connectivity index (χ0n) is 9.61. The molecule has 1 N–H and O–H groups in total. The Hall–Kier alpha value is -0.870. The minimum Gasteiger partial charge on any atom is -0.313 e. The van der Waals surface area contributed by atoms with Crippen LogP contribution in [0.4, 0.5) is 0 Å². The third-order valence-electron chi connectivity index (χ3n) is 2.84. The summed E-state index contributed by atoms with van der Waals surface area (Å²) in [7, 11) is 1.97. The van der Waals surface area contributed by atoms with Crippen molar-refractivity contribution in [2.75, 3.05) is 19.6 Å². The lowest BCUT2D eigenvalue weighted by Crippen LogP contribution is -2.34. The van der Waals surface area contributed by atoms with E-state index in [-0.39, 0.29) is 0 Å². The van der Waals surface area contributed by atoms with Crippen molar-refractivity contribution in [1.82, 2.24) is 20.0 Å². The van der Waals surface area contributed by atoms with E-state index < -0.39 is 0 Å². The zero-order valence-corrected chi connectivity index (χ0v) is 9.61. The average molecular weight is 208 g/mol. The van der Waals surface area contributed by atoms with Gasteiger partial charge in [-0.25, -0.2) is 0 Å². The molecule has 1 aliphatic rings.